The molecule has 156 valence electrons. The third-order valence-electron chi connectivity index (χ3n) is 5.48. The predicted octanol–water partition coefficient (Wildman–Crippen LogP) is 3.38. The molecule has 2 N–H and O–H groups in total. The Balaban J connectivity index is 1.43. The van der Waals surface area contributed by atoms with Gasteiger partial charge < -0.3 is 20.1 Å². The monoisotopic (exact) mass is 388 g/mol. The standard InChI is InChI=1S/C22H36N4O2/c1-22(2,3)20-18(6-5-11-27-20)14-26-21(23-4)25-13-17-9-10-19(24-12-17)28-15-16-7-8-16/h9-10,12,16,18,20H,5-8,11,13-15H2,1-4H3,(H2,23,25,26). The highest BCUT2D eigenvalue weighted by molar-refractivity contribution is 5.79. The van der Waals surface area contributed by atoms with Gasteiger partial charge in [-0.05, 0) is 42.6 Å². The van der Waals surface area contributed by atoms with Crippen molar-refractivity contribution in [2.24, 2.45) is 22.2 Å². The summed E-state index contributed by atoms with van der Waals surface area (Å²) in [5.74, 6) is 2.76. The summed E-state index contributed by atoms with van der Waals surface area (Å²) in [4.78, 5) is 8.76. The molecule has 1 aromatic rings. The van der Waals surface area contributed by atoms with Crippen molar-refractivity contribution < 1.29 is 9.47 Å². The molecule has 0 amide bonds. The molecular weight excluding hydrogens is 352 g/mol. The molecule has 0 bridgehead atoms. The van der Waals surface area contributed by atoms with E-state index in [0.717, 1.165) is 43.6 Å². The molecule has 1 saturated heterocycles. The number of ether oxygens (including phenoxy) is 2. The second kappa shape index (κ2) is 9.59. The zero-order valence-corrected chi connectivity index (χ0v) is 17.8. The molecule has 2 fully saturated rings. The summed E-state index contributed by atoms with van der Waals surface area (Å²) in [5, 5.41) is 6.85. The first-order valence-corrected chi connectivity index (χ1v) is 10.6. The van der Waals surface area contributed by atoms with E-state index < -0.39 is 0 Å². The number of rotatable bonds is 7. The molecule has 6 heteroatoms. The van der Waals surface area contributed by atoms with Gasteiger partial charge in [-0.15, -0.1) is 0 Å². The average Bonchev–Trinajstić information content (AvgIpc) is 3.51. The van der Waals surface area contributed by atoms with Crippen LogP contribution in [-0.4, -0.2) is 43.9 Å². The van der Waals surface area contributed by atoms with Crippen molar-refractivity contribution in [1.82, 2.24) is 15.6 Å². The van der Waals surface area contributed by atoms with Crippen LogP contribution in [0.15, 0.2) is 23.3 Å². The van der Waals surface area contributed by atoms with Crippen molar-refractivity contribution in [3.63, 3.8) is 0 Å². The number of aliphatic imine (C=N–C) groups is 1. The summed E-state index contributed by atoms with van der Waals surface area (Å²) in [6.45, 7) is 9.99. The molecule has 2 heterocycles. The SMILES string of the molecule is CN=C(NCc1ccc(OCC2CC2)nc1)NCC1CCCOC1C(C)(C)C. The van der Waals surface area contributed by atoms with Gasteiger partial charge >= 0.3 is 0 Å². The number of nitrogens with zero attached hydrogens (tertiary/aromatic N) is 2. The maximum Gasteiger partial charge on any atom is 0.213 e. The van der Waals surface area contributed by atoms with Crippen molar-refractivity contribution in [3.05, 3.63) is 23.9 Å². The minimum absolute atomic E-state index is 0.151. The Morgan fingerprint density at radius 2 is 2.07 bits per heavy atom. The van der Waals surface area contributed by atoms with Crippen molar-refractivity contribution in [2.75, 3.05) is 26.8 Å². The number of hydrogen-bond donors (Lipinski definition) is 2. The largest absolute Gasteiger partial charge is 0.477 e. The third-order valence-corrected chi connectivity index (χ3v) is 5.48. The molecule has 1 saturated carbocycles. The van der Waals surface area contributed by atoms with Crippen molar-refractivity contribution in [2.45, 2.75) is 59.1 Å². The van der Waals surface area contributed by atoms with E-state index in [1.54, 1.807) is 7.05 Å². The highest BCUT2D eigenvalue weighted by Gasteiger charge is 2.35. The smallest absolute Gasteiger partial charge is 0.213 e. The molecule has 28 heavy (non-hydrogen) atoms. The number of nitrogens with one attached hydrogen (secondary N) is 2. The van der Waals surface area contributed by atoms with Gasteiger partial charge in [-0.3, -0.25) is 4.99 Å². The van der Waals surface area contributed by atoms with Gasteiger partial charge in [0.05, 0.1) is 12.7 Å². The molecule has 1 aliphatic carbocycles. The Labute approximate surface area is 169 Å². The van der Waals surface area contributed by atoms with Crippen LogP contribution < -0.4 is 15.4 Å². The molecule has 2 unspecified atom stereocenters. The van der Waals surface area contributed by atoms with Crippen molar-refractivity contribution in [1.29, 1.82) is 0 Å². The van der Waals surface area contributed by atoms with Gasteiger partial charge in [0, 0.05) is 44.9 Å². The van der Waals surface area contributed by atoms with Crippen molar-refractivity contribution in [3.8, 4) is 5.88 Å². The topological polar surface area (TPSA) is 67.8 Å². The first-order chi connectivity index (χ1) is 13.5. The molecule has 6 nitrogen and oxygen atoms in total. The first-order valence-electron chi connectivity index (χ1n) is 10.6. The Kier molecular flexibility index (Phi) is 7.16. The number of aromatic nitrogens is 1. The predicted molar refractivity (Wildman–Crippen MR) is 113 cm³/mol. The highest BCUT2D eigenvalue weighted by Crippen LogP contribution is 2.33. The van der Waals surface area contributed by atoms with Crippen molar-refractivity contribution >= 4 is 5.96 Å². The molecule has 1 aliphatic heterocycles. The van der Waals surface area contributed by atoms with Crippen LogP contribution in [0.5, 0.6) is 5.88 Å². The molecule has 0 aromatic carbocycles. The molecule has 2 atom stereocenters. The van der Waals surface area contributed by atoms with Crippen LogP contribution in [0.2, 0.25) is 0 Å². The summed E-state index contributed by atoms with van der Waals surface area (Å²) < 4.78 is 11.8. The quantitative estimate of drug-likeness (QED) is 0.554. The fourth-order valence-electron chi connectivity index (χ4n) is 3.73. The van der Waals surface area contributed by atoms with Gasteiger partial charge in [-0.1, -0.05) is 26.8 Å². The van der Waals surface area contributed by atoms with E-state index in [-0.39, 0.29) is 11.5 Å². The number of pyridine rings is 1. The van der Waals surface area contributed by atoms with Crippen LogP contribution in [0.4, 0.5) is 0 Å². The molecule has 0 spiro atoms. The lowest BCUT2D eigenvalue weighted by molar-refractivity contribution is -0.0835. The lowest BCUT2D eigenvalue weighted by Gasteiger charge is -2.40. The maximum atomic E-state index is 6.08. The maximum absolute atomic E-state index is 6.08. The Bertz CT molecular complexity index is 635. The molecular formula is C22H36N4O2. The van der Waals surface area contributed by atoms with E-state index in [0.29, 0.717) is 18.3 Å². The Morgan fingerprint density at radius 1 is 1.25 bits per heavy atom. The average molecular weight is 389 g/mol. The van der Waals surface area contributed by atoms with Crippen LogP contribution >= 0.6 is 0 Å². The van der Waals surface area contributed by atoms with Gasteiger partial charge in [0.25, 0.3) is 0 Å². The minimum Gasteiger partial charge on any atom is -0.477 e. The summed E-state index contributed by atoms with van der Waals surface area (Å²) in [7, 11) is 1.81. The van der Waals surface area contributed by atoms with Gasteiger partial charge in [-0.25, -0.2) is 4.98 Å². The van der Waals surface area contributed by atoms with E-state index in [4.69, 9.17) is 9.47 Å². The summed E-state index contributed by atoms with van der Waals surface area (Å²) >= 11 is 0. The highest BCUT2D eigenvalue weighted by atomic mass is 16.5. The lowest BCUT2D eigenvalue weighted by Crippen LogP contribution is -2.47. The fraction of sp³-hybridized carbons (Fsp3) is 0.727. The lowest BCUT2D eigenvalue weighted by atomic mass is 9.78. The van der Waals surface area contributed by atoms with Gasteiger partial charge in [0.2, 0.25) is 5.88 Å². The summed E-state index contributed by atoms with van der Waals surface area (Å²) in [6, 6.07) is 4.00. The molecule has 0 radical (unpaired) electrons. The van der Waals surface area contributed by atoms with Gasteiger partial charge in [0.1, 0.15) is 0 Å². The van der Waals surface area contributed by atoms with Gasteiger partial charge in [-0.2, -0.15) is 0 Å². The van der Waals surface area contributed by atoms with Crippen LogP contribution in [0, 0.1) is 17.3 Å². The zero-order chi connectivity index (χ0) is 20.0. The second-order valence-corrected chi connectivity index (χ2v) is 9.13. The van der Waals surface area contributed by atoms with Gasteiger partial charge in [0.15, 0.2) is 5.96 Å². The van der Waals surface area contributed by atoms with E-state index >= 15 is 0 Å². The van der Waals surface area contributed by atoms with Crippen LogP contribution in [-0.2, 0) is 11.3 Å². The van der Waals surface area contributed by atoms with E-state index in [2.05, 4.69) is 47.4 Å². The minimum atomic E-state index is 0.151. The number of guanidine groups is 1. The third kappa shape index (κ3) is 6.36. The normalized spacial score (nSPS) is 23.4. The Hall–Kier alpha value is -1.82. The summed E-state index contributed by atoms with van der Waals surface area (Å²) in [6.07, 6.45) is 7.05. The van der Waals surface area contributed by atoms with E-state index in [1.807, 2.05) is 12.3 Å². The molecule has 2 aliphatic rings. The fourth-order valence-corrected chi connectivity index (χ4v) is 3.73. The Morgan fingerprint density at radius 3 is 2.71 bits per heavy atom. The summed E-state index contributed by atoms with van der Waals surface area (Å²) in [5.41, 5.74) is 1.26. The molecule has 1 aromatic heterocycles. The van der Waals surface area contributed by atoms with Crippen LogP contribution in [0.3, 0.4) is 0 Å². The van der Waals surface area contributed by atoms with E-state index in [1.165, 1.54) is 19.3 Å². The second-order valence-electron chi connectivity index (χ2n) is 9.13. The van der Waals surface area contributed by atoms with Crippen LogP contribution in [0.25, 0.3) is 0 Å². The van der Waals surface area contributed by atoms with E-state index in [9.17, 15) is 0 Å². The number of hydrogen-bond acceptors (Lipinski definition) is 4. The first kappa shape index (κ1) is 20.9. The molecule has 3 rings (SSSR count). The zero-order valence-electron chi connectivity index (χ0n) is 17.8. The van der Waals surface area contributed by atoms with Crippen LogP contribution in [0.1, 0.15) is 52.0 Å².